The number of ketones is 1. The summed E-state index contributed by atoms with van der Waals surface area (Å²) in [6.45, 7) is 1.98. The van der Waals surface area contributed by atoms with E-state index in [1.165, 1.54) is 11.3 Å². The van der Waals surface area contributed by atoms with Gasteiger partial charge in [-0.2, -0.15) is 0 Å². The molecule has 1 aromatic carbocycles. The van der Waals surface area contributed by atoms with E-state index in [4.69, 9.17) is 39.5 Å². The van der Waals surface area contributed by atoms with E-state index in [1.807, 2.05) is 25.1 Å². The monoisotopic (exact) mass is 602 g/mol. The van der Waals surface area contributed by atoms with Gasteiger partial charge in [0, 0.05) is 39.7 Å². The fraction of sp³-hybridized carbons (Fsp3) is 0.586. The highest BCUT2D eigenvalue weighted by molar-refractivity contribution is 7.13. The summed E-state index contributed by atoms with van der Waals surface area (Å²) in [6, 6.07) is 9.26. The summed E-state index contributed by atoms with van der Waals surface area (Å²) in [6.07, 6.45) is 5.64. The first-order chi connectivity index (χ1) is 18.2. The van der Waals surface area contributed by atoms with Crippen LogP contribution in [0.1, 0.15) is 72.0 Å². The van der Waals surface area contributed by atoms with Crippen molar-refractivity contribution >= 4 is 57.9 Å². The van der Waals surface area contributed by atoms with Crippen LogP contribution in [-0.2, 0) is 22.4 Å². The number of halogens is 3. The second-order valence-corrected chi connectivity index (χ2v) is 12.8. The summed E-state index contributed by atoms with van der Waals surface area (Å²) >= 11 is 20.3. The van der Waals surface area contributed by atoms with Gasteiger partial charge in [-0.3, -0.25) is 4.79 Å². The van der Waals surface area contributed by atoms with Gasteiger partial charge in [0.15, 0.2) is 0 Å². The summed E-state index contributed by atoms with van der Waals surface area (Å²) in [5.74, 6) is -0.103. The van der Waals surface area contributed by atoms with Gasteiger partial charge in [-0.05, 0) is 92.2 Å². The number of esters is 1. The SMILES string of the molecule is CCC(CO)CC(=O)CCOC(=O)c1ccc(CCC[C@@H]2[C@@H](CCc3cc(Cl)cc(Cl)c3)[C@H](O)C[C@H]2Cl)s1. The standard InChI is InChI=1S/C29H37Cl3O5S/c1-2-18(17-33)14-22(34)10-11-37-29(36)28-9-7-23(38-28)4-3-5-24-25(27(35)16-26(24)32)8-6-19-12-20(30)15-21(31)13-19/h7,9,12-13,15,18,24-27,33,35H,2-6,8,10-11,14,16-17H2,1H3/t18?,24-,25-,26-,27-/m1/s1. The molecule has 210 valence electrons. The summed E-state index contributed by atoms with van der Waals surface area (Å²) < 4.78 is 5.29. The van der Waals surface area contributed by atoms with Gasteiger partial charge in [0.2, 0.25) is 0 Å². The average molecular weight is 604 g/mol. The lowest BCUT2D eigenvalue weighted by Gasteiger charge is -2.23. The number of hydrogen-bond donors (Lipinski definition) is 2. The van der Waals surface area contributed by atoms with Crippen molar-refractivity contribution in [3.8, 4) is 0 Å². The normalized spacial score (nSPS) is 21.9. The molecule has 1 unspecified atom stereocenters. The number of Topliss-reactive ketones (excluding diaryl/α,β-unsaturated/α-hetero) is 1. The Morgan fingerprint density at radius 2 is 1.84 bits per heavy atom. The van der Waals surface area contributed by atoms with Crippen LogP contribution in [0.5, 0.6) is 0 Å². The summed E-state index contributed by atoms with van der Waals surface area (Å²) in [4.78, 5) is 26.0. The molecule has 1 saturated carbocycles. The van der Waals surface area contributed by atoms with E-state index in [-0.39, 0.29) is 48.5 Å². The van der Waals surface area contributed by atoms with E-state index in [1.54, 1.807) is 12.1 Å². The number of alkyl halides is 1. The van der Waals surface area contributed by atoms with Crippen molar-refractivity contribution in [3.63, 3.8) is 0 Å². The molecule has 2 N–H and O–H groups in total. The fourth-order valence-electron chi connectivity index (χ4n) is 5.25. The van der Waals surface area contributed by atoms with E-state index >= 15 is 0 Å². The Hall–Kier alpha value is -1.15. The van der Waals surface area contributed by atoms with Gasteiger partial charge in [0.25, 0.3) is 0 Å². The van der Waals surface area contributed by atoms with Gasteiger partial charge in [0.1, 0.15) is 10.7 Å². The molecule has 5 atom stereocenters. The second-order valence-electron chi connectivity index (χ2n) is 10.2. The molecule has 38 heavy (non-hydrogen) atoms. The third-order valence-electron chi connectivity index (χ3n) is 7.45. The molecule has 5 nitrogen and oxygen atoms in total. The first-order valence-corrected chi connectivity index (χ1v) is 15.4. The van der Waals surface area contributed by atoms with Gasteiger partial charge < -0.3 is 14.9 Å². The number of rotatable bonds is 15. The van der Waals surface area contributed by atoms with Crippen LogP contribution in [0.3, 0.4) is 0 Å². The summed E-state index contributed by atoms with van der Waals surface area (Å²) in [5, 5.41) is 21.0. The molecule has 1 aliphatic carbocycles. The Labute approximate surface area is 244 Å². The molecule has 1 heterocycles. The van der Waals surface area contributed by atoms with Crippen molar-refractivity contribution in [2.24, 2.45) is 17.8 Å². The maximum atomic E-state index is 12.4. The lowest BCUT2D eigenvalue weighted by atomic mass is 9.85. The van der Waals surface area contributed by atoms with E-state index in [0.717, 1.165) is 49.0 Å². The van der Waals surface area contributed by atoms with Gasteiger partial charge in [-0.25, -0.2) is 4.79 Å². The molecule has 1 aromatic heterocycles. The van der Waals surface area contributed by atoms with Crippen molar-refractivity contribution < 1.29 is 24.5 Å². The number of aliphatic hydroxyl groups excluding tert-OH is 2. The Bertz CT molecular complexity index is 1030. The molecule has 2 aromatic rings. The van der Waals surface area contributed by atoms with Crippen LogP contribution in [0, 0.1) is 17.8 Å². The number of aryl methyl sites for hydroxylation is 2. The molecule has 0 amide bonds. The van der Waals surface area contributed by atoms with Gasteiger partial charge >= 0.3 is 5.97 Å². The predicted octanol–water partition coefficient (Wildman–Crippen LogP) is 7.14. The maximum absolute atomic E-state index is 12.4. The van der Waals surface area contributed by atoms with E-state index in [9.17, 15) is 19.8 Å². The zero-order valence-electron chi connectivity index (χ0n) is 21.7. The van der Waals surface area contributed by atoms with Crippen LogP contribution in [0.15, 0.2) is 30.3 Å². The molecule has 0 radical (unpaired) electrons. The van der Waals surface area contributed by atoms with Crippen molar-refractivity contribution in [1.82, 2.24) is 0 Å². The smallest absolute Gasteiger partial charge is 0.348 e. The number of carbonyl (C=O) groups is 2. The van der Waals surface area contributed by atoms with Crippen LogP contribution in [-0.4, -0.2) is 46.7 Å². The lowest BCUT2D eigenvalue weighted by Crippen LogP contribution is -2.21. The first kappa shape index (κ1) is 31.4. The first-order valence-electron chi connectivity index (χ1n) is 13.4. The number of thiophene rings is 1. The van der Waals surface area contributed by atoms with E-state index in [2.05, 4.69) is 0 Å². The molecular weight excluding hydrogens is 567 g/mol. The molecule has 0 aliphatic heterocycles. The zero-order chi connectivity index (χ0) is 27.7. The molecule has 0 saturated heterocycles. The zero-order valence-corrected chi connectivity index (χ0v) is 24.8. The van der Waals surface area contributed by atoms with Gasteiger partial charge in [0.05, 0.1) is 12.7 Å². The molecule has 3 rings (SSSR count). The van der Waals surface area contributed by atoms with E-state index < -0.39 is 12.1 Å². The van der Waals surface area contributed by atoms with Crippen LogP contribution in [0.4, 0.5) is 0 Å². The van der Waals surface area contributed by atoms with Crippen LogP contribution < -0.4 is 0 Å². The second kappa shape index (κ2) is 15.6. The minimum absolute atomic E-state index is 0.00476. The third-order valence-corrected chi connectivity index (χ3v) is 9.52. The lowest BCUT2D eigenvalue weighted by molar-refractivity contribution is -0.121. The Balaban J connectivity index is 1.43. The van der Waals surface area contributed by atoms with Crippen molar-refractivity contribution in [3.05, 3.63) is 55.7 Å². The highest BCUT2D eigenvalue weighted by Gasteiger charge is 2.40. The summed E-state index contributed by atoms with van der Waals surface area (Å²) in [5.41, 5.74) is 1.06. The highest BCUT2D eigenvalue weighted by Crippen LogP contribution is 2.42. The minimum atomic E-state index is -0.413. The van der Waals surface area contributed by atoms with Crippen molar-refractivity contribution in [2.45, 2.75) is 76.2 Å². The quantitative estimate of drug-likeness (QED) is 0.167. The van der Waals surface area contributed by atoms with E-state index in [0.29, 0.717) is 27.8 Å². The Morgan fingerprint density at radius 3 is 2.53 bits per heavy atom. The fourth-order valence-corrected chi connectivity index (χ4v) is 7.26. The van der Waals surface area contributed by atoms with Crippen LogP contribution >= 0.6 is 46.1 Å². The van der Waals surface area contributed by atoms with Gasteiger partial charge in [-0.1, -0.05) is 36.5 Å². The number of benzene rings is 1. The maximum Gasteiger partial charge on any atom is 0.348 e. The number of ether oxygens (including phenoxy) is 1. The average Bonchev–Trinajstić information content (AvgIpc) is 3.44. The molecular formula is C29H37Cl3O5S. The number of aliphatic hydroxyl groups is 2. The molecule has 9 heteroatoms. The van der Waals surface area contributed by atoms with Crippen LogP contribution in [0.2, 0.25) is 10.0 Å². The molecule has 0 spiro atoms. The Kier molecular flexibility index (Phi) is 12.9. The largest absolute Gasteiger partial charge is 0.461 e. The highest BCUT2D eigenvalue weighted by atomic mass is 35.5. The topological polar surface area (TPSA) is 83.8 Å². The summed E-state index contributed by atoms with van der Waals surface area (Å²) in [7, 11) is 0. The van der Waals surface area contributed by atoms with Gasteiger partial charge in [-0.15, -0.1) is 22.9 Å². The minimum Gasteiger partial charge on any atom is -0.461 e. The van der Waals surface area contributed by atoms with Crippen molar-refractivity contribution in [2.75, 3.05) is 13.2 Å². The molecule has 0 bridgehead atoms. The van der Waals surface area contributed by atoms with Crippen LogP contribution in [0.25, 0.3) is 0 Å². The van der Waals surface area contributed by atoms with Crippen molar-refractivity contribution in [1.29, 1.82) is 0 Å². The Morgan fingerprint density at radius 1 is 1.11 bits per heavy atom. The number of carbonyl (C=O) groups excluding carboxylic acids is 2. The predicted molar refractivity (Wildman–Crippen MR) is 155 cm³/mol. The third kappa shape index (κ3) is 9.50. The molecule has 1 fully saturated rings. The number of hydrogen-bond acceptors (Lipinski definition) is 6. The molecule has 1 aliphatic rings.